The standard InChI is InChI=1S/C22H24N6O3/c1-16(15-30-3)31-19-13-17(6-4-8-23-22-24-9-5-10-25-22)12-18(14-19)21(29)26-20-7-11-28(2)27-20/h5,7,9-14,16H,8,15H2,1-3H3,(H,23,24,25)(H,26,27,29)/t16-/m0/s1. The highest BCUT2D eigenvalue weighted by Gasteiger charge is 2.12. The Morgan fingerprint density at radius 3 is 2.77 bits per heavy atom. The lowest BCUT2D eigenvalue weighted by molar-refractivity contribution is 0.0917. The van der Waals surface area contributed by atoms with Crippen LogP contribution in [-0.4, -0.2) is 52.0 Å². The van der Waals surface area contributed by atoms with Gasteiger partial charge in [-0.2, -0.15) is 5.10 Å². The van der Waals surface area contributed by atoms with E-state index in [0.29, 0.717) is 41.8 Å². The molecule has 0 unspecified atom stereocenters. The van der Waals surface area contributed by atoms with Crippen molar-refractivity contribution in [2.45, 2.75) is 13.0 Å². The Morgan fingerprint density at radius 1 is 1.26 bits per heavy atom. The zero-order valence-electron chi connectivity index (χ0n) is 17.6. The topological polar surface area (TPSA) is 103 Å². The molecule has 0 bridgehead atoms. The number of carbonyl (C=O) groups excluding carboxylic acids is 1. The molecule has 0 fully saturated rings. The highest BCUT2D eigenvalue weighted by atomic mass is 16.5. The lowest BCUT2D eigenvalue weighted by Crippen LogP contribution is -2.19. The normalized spacial score (nSPS) is 11.2. The predicted octanol–water partition coefficient (Wildman–Crippen LogP) is 2.34. The van der Waals surface area contributed by atoms with Gasteiger partial charge in [0.1, 0.15) is 11.9 Å². The van der Waals surface area contributed by atoms with Gasteiger partial charge in [-0.1, -0.05) is 11.8 Å². The molecule has 3 rings (SSSR count). The van der Waals surface area contributed by atoms with Gasteiger partial charge in [-0.05, 0) is 31.2 Å². The van der Waals surface area contributed by atoms with Gasteiger partial charge < -0.3 is 20.1 Å². The number of aryl methyl sites for hydroxylation is 1. The molecule has 2 heterocycles. The SMILES string of the molecule is COC[C@H](C)Oc1cc(C#CCNc2ncccn2)cc(C(=O)Nc2ccn(C)n2)c1. The van der Waals surface area contributed by atoms with Crippen molar-refractivity contribution in [3.8, 4) is 17.6 Å². The molecule has 0 saturated heterocycles. The van der Waals surface area contributed by atoms with Crippen molar-refractivity contribution >= 4 is 17.7 Å². The minimum atomic E-state index is -0.303. The maximum atomic E-state index is 12.7. The third-order valence-electron chi connectivity index (χ3n) is 4.00. The van der Waals surface area contributed by atoms with Crippen LogP contribution in [0, 0.1) is 11.8 Å². The van der Waals surface area contributed by atoms with Gasteiger partial charge in [0, 0.05) is 49.9 Å². The van der Waals surface area contributed by atoms with E-state index < -0.39 is 0 Å². The van der Waals surface area contributed by atoms with Gasteiger partial charge >= 0.3 is 0 Å². The first kappa shape index (κ1) is 21.8. The van der Waals surface area contributed by atoms with E-state index in [9.17, 15) is 4.79 Å². The average Bonchev–Trinajstić information content (AvgIpc) is 3.16. The lowest BCUT2D eigenvalue weighted by atomic mass is 10.1. The second-order valence-corrected chi connectivity index (χ2v) is 6.69. The predicted molar refractivity (Wildman–Crippen MR) is 117 cm³/mol. The van der Waals surface area contributed by atoms with Crippen LogP contribution in [0.1, 0.15) is 22.8 Å². The molecule has 0 saturated carbocycles. The number of hydrogen-bond donors (Lipinski definition) is 2. The van der Waals surface area contributed by atoms with E-state index in [-0.39, 0.29) is 12.0 Å². The molecule has 160 valence electrons. The van der Waals surface area contributed by atoms with Crippen LogP contribution in [0.15, 0.2) is 48.9 Å². The number of nitrogens with one attached hydrogen (secondary N) is 2. The quantitative estimate of drug-likeness (QED) is 0.539. The van der Waals surface area contributed by atoms with Gasteiger partial charge in [0.2, 0.25) is 5.95 Å². The van der Waals surface area contributed by atoms with Crippen molar-refractivity contribution in [2.24, 2.45) is 7.05 Å². The summed E-state index contributed by atoms with van der Waals surface area (Å²) >= 11 is 0. The summed E-state index contributed by atoms with van der Waals surface area (Å²) in [7, 11) is 3.39. The van der Waals surface area contributed by atoms with E-state index in [4.69, 9.17) is 9.47 Å². The van der Waals surface area contributed by atoms with Crippen LogP contribution in [0.3, 0.4) is 0 Å². The number of carbonyl (C=O) groups is 1. The number of amides is 1. The number of methoxy groups -OCH3 is 1. The van der Waals surface area contributed by atoms with Gasteiger partial charge in [0.15, 0.2) is 5.82 Å². The molecule has 0 aliphatic heterocycles. The Morgan fingerprint density at radius 2 is 2.06 bits per heavy atom. The lowest BCUT2D eigenvalue weighted by Gasteiger charge is -2.15. The van der Waals surface area contributed by atoms with Crippen molar-refractivity contribution in [3.05, 3.63) is 60.0 Å². The van der Waals surface area contributed by atoms with Crippen molar-refractivity contribution in [3.63, 3.8) is 0 Å². The molecule has 2 N–H and O–H groups in total. The monoisotopic (exact) mass is 420 g/mol. The second kappa shape index (κ2) is 10.8. The van der Waals surface area contributed by atoms with Crippen LogP contribution in [0.4, 0.5) is 11.8 Å². The molecule has 9 nitrogen and oxygen atoms in total. The first-order valence-electron chi connectivity index (χ1n) is 9.65. The molecule has 0 aliphatic carbocycles. The number of anilines is 2. The van der Waals surface area contributed by atoms with Crippen molar-refractivity contribution < 1.29 is 14.3 Å². The van der Waals surface area contributed by atoms with Gasteiger partial charge in [0.25, 0.3) is 5.91 Å². The maximum Gasteiger partial charge on any atom is 0.257 e. The van der Waals surface area contributed by atoms with Crippen molar-refractivity contribution in [2.75, 3.05) is 30.9 Å². The highest BCUT2D eigenvalue weighted by Crippen LogP contribution is 2.19. The maximum absolute atomic E-state index is 12.7. The Kier molecular flexibility index (Phi) is 7.56. The molecule has 31 heavy (non-hydrogen) atoms. The molecule has 1 amide bonds. The van der Waals surface area contributed by atoms with Gasteiger partial charge in [-0.3, -0.25) is 9.48 Å². The fraction of sp³-hybridized carbons (Fsp3) is 0.273. The van der Waals surface area contributed by atoms with Gasteiger partial charge in [-0.25, -0.2) is 9.97 Å². The molecular formula is C22H24N6O3. The second-order valence-electron chi connectivity index (χ2n) is 6.69. The highest BCUT2D eigenvalue weighted by molar-refractivity contribution is 6.04. The number of ether oxygens (including phenoxy) is 2. The van der Waals surface area contributed by atoms with Crippen molar-refractivity contribution in [1.29, 1.82) is 0 Å². The fourth-order valence-electron chi connectivity index (χ4n) is 2.70. The third kappa shape index (κ3) is 6.83. The van der Waals surface area contributed by atoms with E-state index in [1.165, 1.54) is 0 Å². The van der Waals surface area contributed by atoms with E-state index in [0.717, 1.165) is 0 Å². The summed E-state index contributed by atoms with van der Waals surface area (Å²) in [6, 6.07) is 8.63. The van der Waals surface area contributed by atoms with Crippen LogP contribution < -0.4 is 15.4 Å². The Labute approximate surface area is 180 Å². The summed E-state index contributed by atoms with van der Waals surface area (Å²) in [4.78, 5) is 20.9. The first-order chi connectivity index (χ1) is 15.0. The molecule has 0 spiro atoms. The third-order valence-corrected chi connectivity index (χ3v) is 4.00. The van der Waals surface area contributed by atoms with Crippen LogP contribution in [0.2, 0.25) is 0 Å². The van der Waals surface area contributed by atoms with Crippen LogP contribution in [-0.2, 0) is 11.8 Å². The number of aromatic nitrogens is 4. The Bertz CT molecular complexity index is 1070. The van der Waals surface area contributed by atoms with Crippen molar-refractivity contribution in [1.82, 2.24) is 19.7 Å². The molecular weight excluding hydrogens is 396 g/mol. The number of hydrogen-bond acceptors (Lipinski definition) is 7. The largest absolute Gasteiger partial charge is 0.488 e. The zero-order chi connectivity index (χ0) is 22.1. The van der Waals surface area contributed by atoms with Crippen LogP contribution in [0.5, 0.6) is 5.75 Å². The summed E-state index contributed by atoms with van der Waals surface area (Å²) < 4.78 is 12.6. The summed E-state index contributed by atoms with van der Waals surface area (Å²) in [6.07, 6.45) is 4.87. The number of benzene rings is 1. The van der Waals surface area contributed by atoms with E-state index in [1.54, 1.807) is 67.8 Å². The Balaban J connectivity index is 1.77. The Hall–Kier alpha value is -3.90. The molecule has 2 aromatic heterocycles. The first-order valence-corrected chi connectivity index (χ1v) is 9.65. The molecule has 0 radical (unpaired) electrons. The van der Waals surface area contributed by atoms with Gasteiger partial charge in [0.05, 0.1) is 13.2 Å². The van der Waals surface area contributed by atoms with Crippen LogP contribution >= 0.6 is 0 Å². The number of rotatable bonds is 8. The molecule has 1 atom stereocenters. The summed E-state index contributed by atoms with van der Waals surface area (Å²) in [5.41, 5.74) is 1.06. The van der Waals surface area contributed by atoms with Gasteiger partial charge in [-0.15, -0.1) is 0 Å². The summed E-state index contributed by atoms with van der Waals surface area (Å²) in [5.74, 6) is 7.24. The fourth-order valence-corrected chi connectivity index (χ4v) is 2.70. The number of nitrogens with zero attached hydrogens (tertiary/aromatic N) is 4. The summed E-state index contributed by atoms with van der Waals surface area (Å²) in [5, 5.41) is 9.96. The van der Waals surface area contributed by atoms with E-state index in [2.05, 4.69) is 37.5 Å². The molecule has 1 aromatic carbocycles. The minimum Gasteiger partial charge on any atom is -0.488 e. The molecule has 3 aromatic rings. The molecule has 9 heteroatoms. The van der Waals surface area contributed by atoms with E-state index >= 15 is 0 Å². The van der Waals surface area contributed by atoms with Crippen LogP contribution in [0.25, 0.3) is 0 Å². The van der Waals surface area contributed by atoms with E-state index in [1.807, 2.05) is 6.92 Å². The molecule has 0 aliphatic rings. The summed E-state index contributed by atoms with van der Waals surface area (Å²) in [6.45, 7) is 2.66. The average molecular weight is 420 g/mol. The zero-order valence-corrected chi connectivity index (χ0v) is 17.6. The smallest absolute Gasteiger partial charge is 0.257 e. The minimum absolute atomic E-state index is 0.184.